The number of anilines is 1. The number of hydrogen-bond acceptors (Lipinski definition) is 3. The molecule has 0 saturated carbocycles. The molecule has 4 heteroatoms. The lowest BCUT2D eigenvalue weighted by Gasteiger charge is -2.18. The first-order valence-electron chi connectivity index (χ1n) is 8.14. The summed E-state index contributed by atoms with van der Waals surface area (Å²) in [6.45, 7) is 7.05. The van der Waals surface area contributed by atoms with E-state index >= 15 is 0 Å². The van der Waals surface area contributed by atoms with Gasteiger partial charge in [-0.25, -0.2) is 0 Å². The molecule has 1 aliphatic carbocycles. The number of carbonyl (C=O) groups excluding carboxylic acids is 3. The third-order valence-electron chi connectivity index (χ3n) is 4.48. The van der Waals surface area contributed by atoms with E-state index in [0.29, 0.717) is 41.6 Å². The monoisotopic (exact) mass is 325 g/mol. The van der Waals surface area contributed by atoms with Crippen LogP contribution < -0.4 is 5.32 Å². The zero-order valence-corrected chi connectivity index (χ0v) is 14.7. The van der Waals surface area contributed by atoms with Gasteiger partial charge in [0.05, 0.1) is 0 Å². The molecule has 0 aromatic heterocycles. The Hall–Kier alpha value is -2.49. The van der Waals surface area contributed by atoms with Gasteiger partial charge in [0.25, 0.3) is 0 Å². The molecule has 0 radical (unpaired) electrons. The van der Waals surface area contributed by atoms with Crippen molar-refractivity contribution in [2.45, 2.75) is 47.0 Å². The zero-order valence-electron chi connectivity index (χ0n) is 14.7. The summed E-state index contributed by atoms with van der Waals surface area (Å²) in [6, 6.07) is 7.60. The van der Waals surface area contributed by atoms with E-state index in [1.165, 1.54) is 0 Å². The van der Waals surface area contributed by atoms with Crippen molar-refractivity contribution in [3.63, 3.8) is 0 Å². The Labute approximate surface area is 142 Å². The molecule has 1 aromatic carbocycles. The quantitative estimate of drug-likeness (QED) is 0.835. The Morgan fingerprint density at radius 3 is 2.08 bits per heavy atom. The molecule has 1 N–H and O–H groups in total. The Bertz CT molecular complexity index is 752. The number of Topliss-reactive ketones (excluding diaryl/α,β-unsaturated/α-hetero) is 2. The first-order valence-corrected chi connectivity index (χ1v) is 8.14. The predicted octanol–water partition coefficient (Wildman–Crippen LogP) is 3.91. The van der Waals surface area contributed by atoms with Crippen LogP contribution in [0, 0.1) is 6.92 Å². The number of amides is 1. The Morgan fingerprint density at radius 1 is 0.875 bits per heavy atom. The van der Waals surface area contributed by atoms with Crippen LogP contribution in [0.4, 0.5) is 5.69 Å². The van der Waals surface area contributed by atoms with Crippen molar-refractivity contribution in [3.8, 4) is 0 Å². The number of aryl methyl sites for hydroxylation is 1. The van der Waals surface area contributed by atoms with Crippen LogP contribution in [-0.4, -0.2) is 17.5 Å². The molecule has 2 rings (SSSR count). The third-order valence-corrected chi connectivity index (χ3v) is 4.48. The standard InChI is InChI=1S/C20H23NO3/c1-12-8-10-16(11-9-12)21-18(22)7-5-6-17-15(4)19(23)13(2)14(3)20(17)24/h8-11H,5-7H2,1-4H3,(H,21,22). The molecule has 4 nitrogen and oxygen atoms in total. The van der Waals surface area contributed by atoms with Gasteiger partial charge in [0.1, 0.15) is 0 Å². The SMILES string of the molecule is CC1=C(C)C(=O)C(CCCC(=O)Nc2ccc(C)cc2)=C(C)C1=O. The van der Waals surface area contributed by atoms with E-state index < -0.39 is 0 Å². The van der Waals surface area contributed by atoms with E-state index in [-0.39, 0.29) is 17.5 Å². The van der Waals surface area contributed by atoms with Crippen LogP contribution in [0.3, 0.4) is 0 Å². The fourth-order valence-electron chi connectivity index (χ4n) is 2.74. The van der Waals surface area contributed by atoms with Crippen LogP contribution in [0.5, 0.6) is 0 Å². The summed E-state index contributed by atoms with van der Waals surface area (Å²) in [7, 11) is 0. The maximum Gasteiger partial charge on any atom is 0.224 e. The molecule has 1 aliphatic rings. The highest BCUT2D eigenvalue weighted by Crippen LogP contribution is 2.27. The normalized spacial score (nSPS) is 15.2. The van der Waals surface area contributed by atoms with Crippen LogP contribution in [0.25, 0.3) is 0 Å². The summed E-state index contributed by atoms with van der Waals surface area (Å²) in [5.41, 5.74) is 4.00. The number of benzene rings is 1. The van der Waals surface area contributed by atoms with Gasteiger partial charge in [0, 0.05) is 34.4 Å². The molecule has 1 amide bonds. The molecule has 0 fully saturated rings. The van der Waals surface area contributed by atoms with Crippen LogP contribution in [0.1, 0.15) is 45.6 Å². The van der Waals surface area contributed by atoms with Crippen LogP contribution in [0.15, 0.2) is 46.6 Å². The van der Waals surface area contributed by atoms with E-state index in [1.807, 2.05) is 31.2 Å². The largest absolute Gasteiger partial charge is 0.326 e. The lowest BCUT2D eigenvalue weighted by molar-refractivity contribution is -0.117. The zero-order chi connectivity index (χ0) is 17.9. The lowest BCUT2D eigenvalue weighted by Crippen LogP contribution is -2.21. The molecule has 0 unspecified atom stereocenters. The van der Waals surface area contributed by atoms with Gasteiger partial charge in [-0.1, -0.05) is 17.7 Å². The molecule has 126 valence electrons. The second kappa shape index (κ2) is 7.39. The highest BCUT2D eigenvalue weighted by atomic mass is 16.2. The van der Waals surface area contributed by atoms with Gasteiger partial charge in [-0.3, -0.25) is 14.4 Å². The van der Waals surface area contributed by atoms with Crippen molar-refractivity contribution < 1.29 is 14.4 Å². The topological polar surface area (TPSA) is 63.2 Å². The molecular formula is C20H23NO3. The van der Waals surface area contributed by atoms with Crippen LogP contribution in [-0.2, 0) is 14.4 Å². The Kier molecular flexibility index (Phi) is 5.50. The third kappa shape index (κ3) is 3.88. The number of hydrogen-bond donors (Lipinski definition) is 1. The van der Waals surface area contributed by atoms with Gasteiger partial charge >= 0.3 is 0 Å². The summed E-state index contributed by atoms with van der Waals surface area (Å²) >= 11 is 0. The highest BCUT2D eigenvalue weighted by molar-refractivity contribution is 6.24. The number of rotatable bonds is 5. The maximum absolute atomic E-state index is 12.3. The fourth-order valence-corrected chi connectivity index (χ4v) is 2.74. The fraction of sp³-hybridized carbons (Fsp3) is 0.350. The summed E-state index contributed by atoms with van der Waals surface area (Å²) in [6.07, 6.45) is 1.30. The van der Waals surface area contributed by atoms with Gasteiger partial charge in [-0.05, 0) is 52.7 Å². The van der Waals surface area contributed by atoms with Crippen LogP contribution >= 0.6 is 0 Å². The van der Waals surface area contributed by atoms with E-state index in [9.17, 15) is 14.4 Å². The van der Waals surface area contributed by atoms with E-state index in [4.69, 9.17) is 0 Å². The number of nitrogens with one attached hydrogen (secondary N) is 1. The van der Waals surface area contributed by atoms with E-state index in [0.717, 1.165) is 11.3 Å². The second-order valence-electron chi connectivity index (χ2n) is 6.28. The lowest BCUT2D eigenvalue weighted by atomic mass is 9.84. The molecule has 24 heavy (non-hydrogen) atoms. The molecule has 0 aliphatic heterocycles. The highest BCUT2D eigenvalue weighted by Gasteiger charge is 2.27. The summed E-state index contributed by atoms with van der Waals surface area (Å²) in [4.78, 5) is 36.4. The molecule has 0 saturated heterocycles. The average Bonchev–Trinajstić information content (AvgIpc) is 2.56. The minimum atomic E-state index is -0.0878. The van der Waals surface area contributed by atoms with Gasteiger partial charge in [0.15, 0.2) is 11.6 Å². The molecule has 0 spiro atoms. The predicted molar refractivity (Wildman–Crippen MR) is 94.7 cm³/mol. The first kappa shape index (κ1) is 17.9. The van der Waals surface area contributed by atoms with Gasteiger partial charge in [-0.2, -0.15) is 0 Å². The summed E-state index contributed by atoms with van der Waals surface area (Å²) < 4.78 is 0. The van der Waals surface area contributed by atoms with Crippen molar-refractivity contribution in [2.24, 2.45) is 0 Å². The number of carbonyl (C=O) groups is 3. The van der Waals surface area contributed by atoms with Crippen LogP contribution in [0.2, 0.25) is 0 Å². The van der Waals surface area contributed by atoms with E-state index in [2.05, 4.69) is 5.32 Å². The van der Waals surface area contributed by atoms with Crippen molar-refractivity contribution in [2.75, 3.05) is 5.32 Å². The molecule has 0 atom stereocenters. The van der Waals surface area contributed by atoms with Gasteiger partial charge in [0.2, 0.25) is 5.91 Å². The van der Waals surface area contributed by atoms with Gasteiger partial charge in [-0.15, -0.1) is 0 Å². The van der Waals surface area contributed by atoms with Crippen molar-refractivity contribution in [1.82, 2.24) is 0 Å². The van der Waals surface area contributed by atoms with Crippen molar-refractivity contribution in [3.05, 3.63) is 52.1 Å². The molecule has 0 bridgehead atoms. The van der Waals surface area contributed by atoms with E-state index in [1.54, 1.807) is 20.8 Å². The van der Waals surface area contributed by atoms with Crippen molar-refractivity contribution >= 4 is 23.2 Å². The molecule has 0 heterocycles. The van der Waals surface area contributed by atoms with Gasteiger partial charge < -0.3 is 5.32 Å². The average molecular weight is 325 g/mol. The molecule has 1 aromatic rings. The summed E-state index contributed by atoms with van der Waals surface area (Å²) in [5, 5.41) is 2.84. The number of allylic oxidation sites excluding steroid dienone is 4. The van der Waals surface area contributed by atoms with Crippen molar-refractivity contribution in [1.29, 1.82) is 0 Å². The second-order valence-corrected chi connectivity index (χ2v) is 6.28. The Balaban J connectivity index is 1.92. The Morgan fingerprint density at radius 2 is 1.46 bits per heavy atom. The minimum absolute atomic E-state index is 0.0637. The maximum atomic E-state index is 12.3. The first-order chi connectivity index (χ1) is 11.3. The molecular weight excluding hydrogens is 302 g/mol. The summed E-state index contributed by atoms with van der Waals surface area (Å²) in [5.74, 6) is -0.218. The number of ketones is 2. The smallest absolute Gasteiger partial charge is 0.224 e. The minimum Gasteiger partial charge on any atom is -0.326 e.